The van der Waals surface area contributed by atoms with E-state index >= 15 is 0 Å². The summed E-state index contributed by atoms with van der Waals surface area (Å²) in [7, 11) is 1.63. The van der Waals surface area contributed by atoms with Crippen LogP contribution in [0.25, 0.3) is 0 Å². The Labute approximate surface area is 172 Å². The standard InChI is InChI=1S/C20H22BrN5O2/c1-4-8-26-20(23-24-25-26)22-12-16-10-17(21)19(18(11-16)27-3)28-13-15-7-5-6-14(2)9-15/h4-7,9-11H,1,8,12-13H2,2-3H3,(H,22,23,25). The van der Waals surface area contributed by atoms with Gasteiger partial charge in [0.25, 0.3) is 0 Å². The summed E-state index contributed by atoms with van der Waals surface area (Å²) in [6.45, 7) is 7.30. The Balaban J connectivity index is 1.71. The minimum Gasteiger partial charge on any atom is -0.493 e. The molecule has 8 heteroatoms. The van der Waals surface area contributed by atoms with Gasteiger partial charge in [0.1, 0.15) is 6.61 Å². The fraction of sp³-hybridized carbons (Fsp3) is 0.250. The van der Waals surface area contributed by atoms with Gasteiger partial charge in [-0.25, -0.2) is 4.68 Å². The van der Waals surface area contributed by atoms with Crippen LogP contribution in [-0.4, -0.2) is 27.3 Å². The average Bonchev–Trinajstić information content (AvgIpc) is 3.12. The topological polar surface area (TPSA) is 74.1 Å². The van der Waals surface area contributed by atoms with E-state index in [1.54, 1.807) is 17.9 Å². The maximum atomic E-state index is 6.02. The summed E-state index contributed by atoms with van der Waals surface area (Å²) in [4.78, 5) is 0. The lowest BCUT2D eigenvalue weighted by Crippen LogP contribution is -2.08. The van der Waals surface area contributed by atoms with Crippen molar-refractivity contribution < 1.29 is 9.47 Å². The van der Waals surface area contributed by atoms with Crippen molar-refractivity contribution in [1.82, 2.24) is 20.2 Å². The van der Waals surface area contributed by atoms with Crippen LogP contribution in [-0.2, 0) is 19.7 Å². The molecular formula is C20H22BrN5O2. The molecule has 0 saturated carbocycles. The van der Waals surface area contributed by atoms with Crippen LogP contribution in [0, 0.1) is 6.92 Å². The number of allylic oxidation sites excluding steroid dienone is 1. The van der Waals surface area contributed by atoms with E-state index in [2.05, 4.69) is 62.4 Å². The van der Waals surface area contributed by atoms with Crippen LogP contribution in [0.4, 0.5) is 5.95 Å². The molecule has 3 rings (SSSR count). The third kappa shape index (κ3) is 4.89. The molecule has 146 valence electrons. The first-order chi connectivity index (χ1) is 13.6. The van der Waals surface area contributed by atoms with Crippen molar-refractivity contribution >= 4 is 21.9 Å². The molecule has 0 atom stereocenters. The number of halogens is 1. The van der Waals surface area contributed by atoms with Crippen LogP contribution < -0.4 is 14.8 Å². The molecule has 0 aliphatic carbocycles. The highest BCUT2D eigenvalue weighted by atomic mass is 79.9. The van der Waals surface area contributed by atoms with E-state index in [9.17, 15) is 0 Å². The Morgan fingerprint density at radius 3 is 2.86 bits per heavy atom. The third-order valence-electron chi connectivity index (χ3n) is 4.04. The van der Waals surface area contributed by atoms with Gasteiger partial charge in [-0.2, -0.15) is 0 Å². The first-order valence-electron chi connectivity index (χ1n) is 8.76. The van der Waals surface area contributed by atoms with Gasteiger partial charge in [-0.15, -0.1) is 6.58 Å². The number of hydrogen-bond acceptors (Lipinski definition) is 6. The number of anilines is 1. The maximum Gasteiger partial charge on any atom is 0.243 e. The lowest BCUT2D eigenvalue weighted by molar-refractivity contribution is 0.282. The molecule has 0 unspecified atom stereocenters. The number of aryl methyl sites for hydroxylation is 1. The second kappa shape index (κ2) is 9.36. The van der Waals surface area contributed by atoms with Crippen LogP contribution >= 0.6 is 15.9 Å². The number of nitrogens with one attached hydrogen (secondary N) is 1. The Morgan fingerprint density at radius 1 is 1.25 bits per heavy atom. The Hall–Kier alpha value is -2.87. The normalized spacial score (nSPS) is 10.5. The Kier molecular flexibility index (Phi) is 6.65. The van der Waals surface area contributed by atoms with Crippen molar-refractivity contribution in [3.8, 4) is 11.5 Å². The van der Waals surface area contributed by atoms with Gasteiger partial charge in [0.2, 0.25) is 5.95 Å². The second-order valence-corrected chi connectivity index (χ2v) is 7.07. The smallest absolute Gasteiger partial charge is 0.243 e. The van der Waals surface area contributed by atoms with E-state index in [4.69, 9.17) is 9.47 Å². The third-order valence-corrected chi connectivity index (χ3v) is 4.63. The monoisotopic (exact) mass is 443 g/mol. The summed E-state index contributed by atoms with van der Waals surface area (Å²) in [6.07, 6.45) is 1.74. The summed E-state index contributed by atoms with van der Waals surface area (Å²) in [5.74, 6) is 1.91. The van der Waals surface area contributed by atoms with Crippen molar-refractivity contribution in [3.63, 3.8) is 0 Å². The van der Waals surface area contributed by atoms with Crippen molar-refractivity contribution in [1.29, 1.82) is 0 Å². The highest BCUT2D eigenvalue weighted by Crippen LogP contribution is 2.37. The number of tetrazole rings is 1. The Bertz CT molecular complexity index is 958. The number of hydrogen-bond donors (Lipinski definition) is 1. The molecule has 0 radical (unpaired) electrons. The van der Waals surface area contributed by atoms with Gasteiger partial charge < -0.3 is 14.8 Å². The zero-order chi connectivity index (χ0) is 19.9. The molecule has 1 heterocycles. The number of methoxy groups -OCH3 is 1. The van der Waals surface area contributed by atoms with E-state index in [0.717, 1.165) is 15.6 Å². The van der Waals surface area contributed by atoms with Gasteiger partial charge in [0.05, 0.1) is 18.1 Å². The minimum absolute atomic E-state index is 0.463. The molecule has 0 aliphatic heterocycles. The Morgan fingerprint density at radius 2 is 2.11 bits per heavy atom. The molecule has 0 bridgehead atoms. The van der Waals surface area contributed by atoms with Crippen molar-refractivity contribution in [2.45, 2.75) is 26.6 Å². The maximum absolute atomic E-state index is 6.02. The zero-order valence-electron chi connectivity index (χ0n) is 15.9. The first-order valence-corrected chi connectivity index (χ1v) is 9.55. The fourth-order valence-corrected chi connectivity index (χ4v) is 3.33. The van der Waals surface area contributed by atoms with Gasteiger partial charge in [-0.05, 0) is 56.5 Å². The van der Waals surface area contributed by atoms with Crippen molar-refractivity contribution in [2.24, 2.45) is 0 Å². The lowest BCUT2D eigenvalue weighted by Gasteiger charge is -2.15. The molecule has 0 amide bonds. The van der Waals surface area contributed by atoms with Crippen LogP contribution in [0.5, 0.6) is 11.5 Å². The predicted molar refractivity (Wildman–Crippen MR) is 112 cm³/mol. The molecule has 0 fully saturated rings. The average molecular weight is 444 g/mol. The predicted octanol–water partition coefficient (Wildman–Crippen LogP) is 4.13. The summed E-state index contributed by atoms with van der Waals surface area (Å²) >= 11 is 3.59. The van der Waals surface area contributed by atoms with Gasteiger partial charge in [-0.3, -0.25) is 0 Å². The van der Waals surface area contributed by atoms with Crippen molar-refractivity contribution in [2.75, 3.05) is 12.4 Å². The van der Waals surface area contributed by atoms with Crippen LogP contribution in [0.2, 0.25) is 0 Å². The lowest BCUT2D eigenvalue weighted by atomic mass is 10.1. The zero-order valence-corrected chi connectivity index (χ0v) is 17.4. The van der Waals surface area contributed by atoms with E-state index in [-0.39, 0.29) is 0 Å². The highest BCUT2D eigenvalue weighted by Gasteiger charge is 2.13. The van der Waals surface area contributed by atoms with Gasteiger partial charge in [0, 0.05) is 6.54 Å². The van der Waals surface area contributed by atoms with Gasteiger partial charge in [-0.1, -0.05) is 41.0 Å². The number of benzene rings is 2. The van der Waals surface area contributed by atoms with E-state index in [1.807, 2.05) is 24.3 Å². The quantitative estimate of drug-likeness (QED) is 0.501. The molecule has 1 N–H and O–H groups in total. The van der Waals surface area contributed by atoms with E-state index < -0.39 is 0 Å². The summed E-state index contributed by atoms with van der Waals surface area (Å²) in [6, 6.07) is 12.2. The molecule has 28 heavy (non-hydrogen) atoms. The molecule has 3 aromatic rings. The summed E-state index contributed by atoms with van der Waals surface area (Å²) in [5.41, 5.74) is 3.31. The summed E-state index contributed by atoms with van der Waals surface area (Å²) in [5, 5.41) is 14.8. The first kappa shape index (κ1) is 19.9. The number of aromatic nitrogens is 4. The molecule has 0 saturated heterocycles. The minimum atomic E-state index is 0.463. The largest absolute Gasteiger partial charge is 0.493 e. The molecule has 1 aromatic heterocycles. The van der Waals surface area contributed by atoms with Gasteiger partial charge >= 0.3 is 0 Å². The van der Waals surface area contributed by atoms with Crippen LogP contribution in [0.15, 0.2) is 53.5 Å². The van der Waals surface area contributed by atoms with Crippen LogP contribution in [0.3, 0.4) is 0 Å². The molecular weight excluding hydrogens is 422 g/mol. The number of ether oxygens (including phenoxy) is 2. The van der Waals surface area contributed by atoms with E-state index in [1.165, 1.54) is 5.56 Å². The molecule has 7 nitrogen and oxygen atoms in total. The highest BCUT2D eigenvalue weighted by molar-refractivity contribution is 9.10. The fourth-order valence-electron chi connectivity index (χ4n) is 2.73. The van der Waals surface area contributed by atoms with Gasteiger partial charge in [0.15, 0.2) is 11.5 Å². The molecule has 2 aromatic carbocycles. The number of nitrogens with zero attached hydrogens (tertiary/aromatic N) is 4. The molecule has 0 aliphatic rings. The second-order valence-electron chi connectivity index (χ2n) is 6.21. The molecule has 0 spiro atoms. The summed E-state index contributed by atoms with van der Waals surface area (Å²) < 4.78 is 14.0. The number of rotatable bonds is 9. The van der Waals surface area contributed by atoms with E-state index in [0.29, 0.717) is 37.1 Å². The van der Waals surface area contributed by atoms with Crippen LogP contribution in [0.1, 0.15) is 16.7 Å². The SMILES string of the molecule is C=CCn1nnnc1NCc1cc(Br)c(OCc2cccc(C)c2)c(OC)c1. The van der Waals surface area contributed by atoms with Crippen molar-refractivity contribution in [3.05, 3.63) is 70.2 Å².